The van der Waals surface area contributed by atoms with Gasteiger partial charge in [-0.25, -0.2) is 17.2 Å². The van der Waals surface area contributed by atoms with Crippen LogP contribution in [0.5, 0.6) is 5.75 Å². The van der Waals surface area contributed by atoms with E-state index >= 15 is 0 Å². The van der Waals surface area contributed by atoms with Crippen molar-refractivity contribution >= 4 is 21.6 Å². The van der Waals surface area contributed by atoms with Gasteiger partial charge in [0.1, 0.15) is 12.3 Å². The van der Waals surface area contributed by atoms with Gasteiger partial charge in [-0.05, 0) is 42.2 Å². The van der Waals surface area contributed by atoms with Gasteiger partial charge in [0.2, 0.25) is 15.9 Å². The molecule has 1 amide bonds. The molecule has 2 aromatic carbocycles. The third kappa shape index (κ3) is 6.41. The normalized spacial score (nSPS) is 12.5. The van der Waals surface area contributed by atoms with Gasteiger partial charge in [0.25, 0.3) is 0 Å². The lowest BCUT2D eigenvalue weighted by Gasteiger charge is -2.25. The number of methoxy groups -OCH3 is 1. The smallest absolute Gasteiger partial charge is 0.241 e. The minimum Gasteiger partial charge on any atom is -0.497 e. The molecule has 0 saturated heterocycles. The molecule has 0 spiro atoms. The number of benzene rings is 2. The molecule has 1 atom stereocenters. The number of carbonyl (C=O) groups is 1. The summed E-state index contributed by atoms with van der Waals surface area (Å²) in [5.41, 5.74) is 0.716. The summed E-state index contributed by atoms with van der Waals surface area (Å²) >= 11 is 0. The predicted molar refractivity (Wildman–Crippen MR) is 112 cm³/mol. The molecule has 2 rings (SSSR count). The number of sulfonamides is 1. The third-order valence-corrected chi connectivity index (χ3v) is 5.58. The van der Waals surface area contributed by atoms with E-state index < -0.39 is 34.1 Å². The Labute approximate surface area is 175 Å². The Balaban J connectivity index is 2.24. The molecule has 1 N–H and O–H groups in total. The average molecular weight is 441 g/mol. The van der Waals surface area contributed by atoms with E-state index in [1.54, 1.807) is 19.2 Å². The third-order valence-electron chi connectivity index (χ3n) is 4.44. The van der Waals surface area contributed by atoms with Crippen LogP contribution < -0.4 is 14.4 Å². The predicted octanol–water partition coefficient (Wildman–Crippen LogP) is 3.64. The number of hydrogen-bond donors (Lipinski definition) is 1. The molecular formula is C21H26F2N2O4S. The SMILES string of the molecule is COc1ccc(C(CC(C)C)NC(=O)CN(c2ccc(F)c(F)c2)S(C)(=O)=O)cc1. The van der Waals surface area contributed by atoms with Crippen LogP contribution in [-0.2, 0) is 14.8 Å². The molecule has 6 nitrogen and oxygen atoms in total. The van der Waals surface area contributed by atoms with Crippen molar-refractivity contribution in [2.24, 2.45) is 5.92 Å². The first kappa shape index (κ1) is 23.6. The van der Waals surface area contributed by atoms with Gasteiger partial charge in [0.15, 0.2) is 11.6 Å². The van der Waals surface area contributed by atoms with E-state index in [2.05, 4.69) is 5.32 Å². The summed E-state index contributed by atoms with van der Waals surface area (Å²) in [6.07, 6.45) is 1.53. The maximum Gasteiger partial charge on any atom is 0.241 e. The van der Waals surface area contributed by atoms with Crippen LogP contribution in [0, 0.1) is 17.6 Å². The van der Waals surface area contributed by atoms with Crippen LogP contribution in [0.25, 0.3) is 0 Å². The molecule has 2 aromatic rings. The first-order chi connectivity index (χ1) is 14.0. The van der Waals surface area contributed by atoms with E-state index in [9.17, 15) is 22.0 Å². The highest BCUT2D eigenvalue weighted by molar-refractivity contribution is 7.92. The number of halogens is 2. The molecule has 30 heavy (non-hydrogen) atoms. The zero-order valence-electron chi connectivity index (χ0n) is 17.4. The summed E-state index contributed by atoms with van der Waals surface area (Å²) in [6, 6.07) is 9.54. The molecule has 0 radical (unpaired) electrons. The average Bonchev–Trinajstić information content (AvgIpc) is 2.67. The van der Waals surface area contributed by atoms with Crippen LogP contribution in [0.4, 0.5) is 14.5 Å². The number of rotatable bonds is 9. The molecule has 0 fully saturated rings. The summed E-state index contributed by atoms with van der Waals surface area (Å²) in [4.78, 5) is 12.7. The fraction of sp³-hybridized carbons (Fsp3) is 0.381. The van der Waals surface area contributed by atoms with E-state index in [4.69, 9.17) is 4.74 Å². The van der Waals surface area contributed by atoms with Gasteiger partial charge in [0.05, 0.1) is 25.1 Å². The van der Waals surface area contributed by atoms with E-state index in [1.807, 2.05) is 26.0 Å². The second-order valence-corrected chi connectivity index (χ2v) is 9.30. The first-order valence-electron chi connectivity index (χ1n) is 9.37. The van der Waals surface area contributed by atoms with Crippen molar-refractivity contribution in [3.05, 3.63) is 59.7 Å². The van der Waals surface area contributed by atoms with Gasteiger partial charge in [0, 0.05) is 6.07 Å². The van der Waals surface area contributed by atoms with Crippen molar-refractivity contribution in [1.82, 2.24) is 5.32 Å². The number of nitrogens with one attached hydrogen (secondary N) is 1. The van der Waals surface area contributed by atoms with Crippen molar-refractivity contribution in [2.45, 2.75) is 26.3 Å². The molecule has 0 aliphatic rings. The van der Waals surface area contributed by atoms with Crippen molar-refractivity contribution < 1.29 is 26.7 Å². The van der Waals surface area contributed by atoms with Crippen LogP contribution in [0.15, 0.2) is 42.5 Å². The van der Waals surface area contributed by atoms with Gasteiger partial charge >= 0.3 is 0 Å². The second-order valence-electron chi connectivity index (χ2n) is 7.39. The largest absolute Gasteiger partial charge is 0.497 e. The number of carbonyl (C=O) groups excluding carboxylic acids is 1. The summed E-state index contributed by atoms with van der Waals surface area (Å²) in [5.74, 6) is -1.93. The Morgan fingerprint density at radius 3 is 2.23 bits per heavy atom. The van der Waals surface area contributed by atoms with Crippen molar-refractivity contribution in [1.29, 1.82) is 0 Å². The van der Waals surface area contributed by atoms with E-state index in [1.165, 1.54) is 0 Å². The Hall–Kier alpha value is -2.68. The van der Waals surface area contributed by atoms with Gasteiger partial charge in [-0.1, -0.05) is 26.0 Å². The lowest BCUT2D eigenvalue weighted by Crippen LogP contribution is -2.42. The highest BCUT2D eigenvalue weighted by Crippen LogP contribution is 2.24. The first-order valence-corrected chi connectivity index (χ1v) is 11.2. The number of anilines is 1. The van der Waals surface area contributed by atoms with Gasteiger partial charge in [-0.2, -0.15) is 0 Å². The van der Waals surface area contributed by atoms with Crippen molar-refractivity contribution in [3.8, 4) is 5.75 Å². The highest BCUT2D eigenvalue weighted by atomic mass is 32.2. The maximum atomic E-state index is 13.6. The molecule has 0 saturated carbocycles. The van der Waals surface area contributed by atoms with Crippen molar-refractivity contribution in [2.75, 3.05) is 24.2 Å². The maximum absolute atomic E-state index is 13.6. The van der Waals surface area contributed by atoms with Crippen LogP contribution in [-0.4, -0.2) is 34.2 Å². The van der Waals surface area contributed by atoms with Crippen LogP contribution in [0.3, 0.4) is 0 Å². The quantitative estimate of drug-likeness (QED) is 0.646. The number of nitrogens with zero attached hydrogens (tertiary/aromatic N) is 1. The minimum atomic E-state index is -3.91. The van der Waals surface area contributed by atoms with Gasteiger partial charge in [-0.3, -0.25) is 9.10 Å². The number of hydrogen-bond acceptors (Lipinski definition) is 4. The lowest BCUT2D eigenvalue weighted by molar-refractivity contribution is -0.120. The number of amides is 1. The molecule has 0 heterocycles. The molecule has 0 aromatic heterocycles. The van der Waals surface area contributed by atoms with E-state index in [-0.39, 0.29) is 17.6 Å². The summed E-state index contributed by atoms with van der Waals surface area (Å²) in [6.45, 7) is 3.45. The van der Waals surface area contributed by atoms with E-state index in [0.717, 1.165) is 34.3 Å². The van der Waals surface area contributed by atoms with Crippen LogP contribution in [0.2, 0.25) is 0 Å². The zero-order chi connectivity index (χ0) is 22.5. The van der Waals surface area contributed by atoms with Gasteiger partial charge in [-0.15, -0.1) is 0 Å². The summed E-state index contributed by atoms with van der Waals surface area (Å²) in [5, 5.41) is 2.85. The molecule has 164 valence electrons. The molecule has 0 aliphatic heterocycles. The second kappa shape index (κ2) is 9.88. The van der Waals surface area contributed by atoms with Gasteiger partial charge < -0.3 is 10.1 Å². The van der Waals surface area contributed by atoms with Crippen molar-refractivity contribution in [3.63, 3.8) is 0 Å². The summed E-state index contributed by atoms with van der Waals surface area (Å²) in [7, 11) is -2.35. The molecule has 0 aliphatic carbocycles. The fourth-order valence-corrected chi connectivity index (χ4v) is 3.84. The summed E-state index contributed by atoms with van der Waals surface area (Å²) < 4.78 is 57.1. The van der Waals surface area contributed by atoms with E-state index in [0.29, 0.717) is 12.2 Å². The topological polar surface area (TPSA) is 75.7 Å². The Morgan fingerprint density at radius 1 is 1.10 bits per heavy atom. The Kier molecular flexibility index (Phi) is 7.77. The number of ether oxygens (including phenoxy) is 1. The minimum absolute atomic E-state index is 0.128. The lowest BCUT2D eigenvalue weighted by atomic mass is 9.97. The van der Waals surface area contributed by atoms with Crippen LogP contribution in [0.1, 0.15) is 31.9 Å². The zero-order valence-corrected chi connectivity index (χ0v) is 18.2. The highest BCUT2D eigenvalue weighted by Gasteiger charge is 2.24. The Morgan fingerprint density at radius 2 is 1.73 bits per heavy atom. The Bertz CT molecular complexity index is 979. The molecular weight excluding hydrogens is 414 g/mol. The van der Waals surface area contributed by atoms with Crippen LogP contribution >= 0.6 is 0 Å². The molecule has 1 unspecified atom stereocenters. The monoisotopic (exact) mass is 440 g/mol. The standard InChI is InChI=1S/C21H26F2N2O4S/c1-14(2)11-20(15-5-8-17(29-3)9-6-15)24-21(26)13-25(30(4,27)28)16-7-10-18(22)19(23)12-16/h5-10,12,14,20H,11,13H2,1-4H3,(H,24,26). The molecule has 0 bridgehead atoms. The molecule has 9 heteroatoms. The fourth-order valence-electron chi connectivity index (χ4n) is 3.00.